The van der Waals surface area contributed by atoms with Gasteiger partial charge in [-0.25, -0.2) is 0 Å². The Morgan fingerprint density at radius 3 is 2.24 bits per heavy atom. The summed E-state index contributed by atoms with van der Waals surface area (Å²) in [6.07, 6.45) is 6.81. The third kappa shape index (κ3) is 7.67. The molecule has 1 aliphatic rings. The molecule has 9 heteroatoms. The predicted molar refractivity (Wildman–Crippen MR) is 156 cm³/mol. The lowest BCUT2D eigenvalue weighted by Crippen LogP contribution is -2.42. The highest BCUT2D eigenvalue weighted by Crippen LogP contribution is 2.32. The van der Waals surface area contributed by atoms with E-state index in [0.717, 1.165) is 11.1 Å². The molecule has 1 N–H and O–H groups in total. The molecule has 9 nitrogen and oxygen atoms in total. The van der Waals surface area contributed by atoms with Crippen molar-refractivity contribution in [1.29, 1.82) is 0 Å². The summed E-state index contributed by atoms with van der Waals surface area (Å²) in [5.74, 6) is 1.56. The monoisotopic (exact) mass is 559 g/mol. The normalized spacial score (nSPS) is 13.4. The lowest BCUT2D eigenvalue weighted by Gasteiger charge is -2.26. The highest BCUT2D eigenvalue weighted by molar-refractivity contribution is 6.09. The predicted octanol–water partition coefficient (Wildman–Crippen LogP) is 4.72. The van der Waals surface area contributed by atoms with Crippen molar-refractivity contribution < 1.29 is 38.4 Å². The minimum Gasteiger partial charge on any atom is -0.507 e. The summed E-state index contributed by atoms with van der Waals surface area (Å²) in [6.45, 7) is 2.23. The zero-order valence-corrected chi connectivity index (χ0v) is 23.3. The minimum absolute atomic E-state index is 0.0270. The fourth-order valence-electron chi connectivity index (χ4n) is 4.22. The number of ether oxygens (including phenoxy) is 5. The highest BCUT2D eigenvalue weighted by atomic mass is 16.5. The van der Waals surface area contributed by atoms with Gasteiger partial charge in [-0.3, -0.25) is 9.59 Å². The minimum atomic E-state index is -0.392. The number of carbonyl (C=O) groups excluding carboxylic acids is 2. The Hall–Kier alpha value is -4.76. The largest absolute Gasteiger partial charge is 0.507 e. The van der Waals surface area contributed by atoms with Crippen LogP contribution in [0.5, 0.6) is 28.7 Å². The number of amides is 1. The average molecular weight is 560 g/mol. The molecule has 3 aromatic rings. The SMILES string of the molecule is COc1cc(/C=C/c2ccc(OCC(=O)N3CCOCC3)cc2)c(/C=C/C(=O)c2cc(OC)ccc2O)c(OC)c1. The van der Waals surface area contributed by atoms with Gasteiger partial charge in [0.25, 0.3) is 5.91 Å². The van der Waals surface area contributed by atoms with E-state index in [-0.39, 0.29) is 23.8 Å². The van der Waals surface area contributed by atoms with E-state index >= 15 is 0 Å². The molecule has 0 bridgehead atoms. The fourth-order valence-corrected chi connectivity index (χ4v) is 4.22. The molecule has 0 aliphatic carbocycles. The molecule has 0 saturated carbocycles. The number of nitrogens with zero attached hydrogens (tertiary/aromatic N) is 1. The Balaban J connectivity index is 1.51. The first-order valence-corrected chi connectivity index (χ1v) is 13.0. The van der Waals surface area contributed by atoms with Gasteiger partial charge in [-0.2, -0.15) is 0 Å². The molecule has 0 radical (unpaired) electrons. The van der Waals surface area contributed by atoms with Gasteiger partial charge in [0.1, 0.15) is 28.7 Å². The number of benzene rings is 3. The number of aromatic hydroxyl groups is 1. The molecule has 1 fully saturated rings. The topological polar surface area (TPSA) is 104 Å². The second-order valence-corrected chi connectivity index (χ2v) is 9.10. The molecule has 214 valence electrons. The fraction of sp³-hybridized carbons (Fsp3) is 0.250. The summed E-state index contributed by atoms with van der Waals surface area (Å²) in [5.41, 5.74) is 2.42. The molecular weight excluding hydrogens is 526 g/mol. The molecule has 3 aromatic carbocycles. The molecule has 4 rings (SSSR count). The first kappa shape index (κ1) is 29.2. The standard InChI is InChI=1S/C32H33NO8/c1-37-25-10-12-29(34)28(19-25)30(35)13-11-27-23(18-26(38-2)20-31(27)39-3)7-4-22-5-8-24(9-6-22)41-21-32(36)33-14-16-40-17-15-33/h4-13,18-20,34H,14-17,21H2,1-3H3/b7-4+,13-11+. The number of hydrogen-bond donors (Lipinski definition) is 1. The molecule has 1 saturated heterocycles. The molecule has 1 aliphatic heterocycles. The molecule has 0 spiro atoms. The summed E-state index contributed by atoms with van der Waals surface area (Å²) in [6, 6.07) is 15.4. The molecule has 0 atom stereocenters. The van der Waals surface area contributed by atoms with E-state index in [2.05, 4.69) is 0 Å². The summed E-state index contributed by atoms with van der Waals surface area (Å²) in [4.78, 5) is 27.0. The maximum Gasteiger partial charge on any atom is 0.260 e. The van der Waals surface area contributed by atoms with Crippen LogP contribution in [0.3, 0.4) is 0 Å². The smallest absolute Gasteiger partial charge is 0.260 e. The molecule has 41 heavy (non-hydrogen) atoms. The van der Waals surface area contributed by atoms with E-state index < -0.39 is 5.78 Å². The number of phenols is 1. The van der Waals surface area contributed by atoms with Crippen LogP contribution in [-0.2, 0) is 9.53 Å². The molecule has 0 unspecified atom stereocenters. The van der Waals surface area contributed by atoms with Gasteiger partial charge in [0.2, 0.25) is 0 Å². The van der Waals surface area contributed by atoms with Crippen LogP contribution >= 0.6 is 0 Å². The van der Waals surface area contributed by atoms with Crippen molar-refractivity contribution in [2.75, 3.05) is 54.2 Å². The van der Waals surface area contributed by atoms with Gasteiger partial charge in [-0.1, -0.05) is 24.3 Å². The number of methoxy groups -OCH3 is 3. The van der Waals surface area contributed by atoms with Crippen molar-refractivity contribution in [3.05, 3.63) is 82.9 Å². The average Bonchev–Trinajstić information content (AvgIpc) is 3.02. The lowest BCUT2D eigenvalue weighted by molar-refractivity contribution is -0.137. The van der Waals surface area contributed by atoms with Crippen LogP contribution in [0.2, 0.25) is 0 Å². The van der Waals surface area contributed by atoms with Crippen LogP contribution in [0.15, 0.2) is 60.7 Å². The van der Waals surface area contributed by atoms with E-state index in [1.165, 1.54) is 32.4 Å². The maximum atomic E-state index is 12.9. The quantitative estimate of drug-likeness (QED) is 0.205. The number of hydrogen-bond acceptors (Lipinski definition) is 8. The van der Waals surface area contributed by atoms with Crippen molar-refractivity contribution in [3.8, 4) is 28.7 Å². The summed E-state index contributed by atoms with van der Waals surface area (Å²) >= 11 is 0. The van der Waals surface area contributed by atoms with E-state index in [4.69, 9.17) is 23.7 Å². The first-order valence-electron chi connectivity index (χ1n) is 13.0. The van der Waals surface area contributed by atoms with E-state index in [1.54, 1.807) is 42.4 Å². The van der Waals surface area contributed by atoms with E-state index in [9.17, 15) is 14.7 Å². The van der Waals surface area contributed by atoms with Crippen molar-refractivity contribution >= 4 is 29.9 Å². The molecular formula is C32H33NO8. The Morgan fingerprint density at radius 1 is 0.854 bits per heavy atom. The molecule has 0 aromatic heterocycles. The van der Waals surface area contributed by atoms with Crippen molar-refractivity contribution in [2.45, 2.75) is 0 Å². The summed E-state index contributed by atoms with van der Waals surface area (Å²) in [7, 11) is 4.60. The summed E-state index contributed by atoms with van der Waals surface area (Å²) in [5, 5.41) is 10.2. The van der Waals surface area contributed by atoms with Gasteiger partial charge < -0.3 is 33.7 Å². The third-order valence-corrected chi connectivity index (χ3v) is 6.54. The summed E-state index contributed by atoms with van der Waals surface area (Å²) < 4.78 is 27.2. The molecule has 1 amide bonds. The number of ketones is 1. The number of allylic oxidation sites excluding steroid dienone is 1. The van der Waals surface area contributed by atoms with E-state index in [1.807, 2.05) is 30.4 Å². The maximum absolute atomic E-state index is 12.9. The van der Waals surface area contributed by atoms with Crippen molar-refractivity contribution in [2.24, 2.45) is 0 Å². The van der Waals surface area contributed by atoms with Gasteiger partial charge in [0, 0.05) is 24.7 Å². The Bertz CT molecular complexity index is 1420. The Labute approximate surface area is 239 Å². The zero-order chi connectivity index (χ0) is 29.2. The Morgan fingerprint density at radius 2 is 1.56 bits per heavy atom. The van der Waals surface area contributed by atoms with Crippen molar-refractivity contribution in [1.82, 2.24) is 4.90 Å². The van der Waals surface area contributed by atoms with Gasteiger partial charge in [0.15, 0.2) is 12.4 Å². The number of morpholine rings is 1. The number of rotatable bonds is 11. The first-order chi connectivity index (χ1) is 19.9. The second kappa shape index (κ2) is 14.0. The van der Waals surface area contributed by atoms with Crippen LogP contribution in [0, 0.1) is 0 Å². The van der Waals surface area contributed by atoms with Crippen molar-refractivity contribution in [3.63, 3.8) is 0 Å². The van der Waals surface area contributed by atoms with Gasteiger partial charge in [-0.15, -0.1) is 0 Å². The van der Waals surface area contributed by atoms with Gasteiger partial charge in [0.05, 0.1) is 40.1 Å². The number of carbonyl (C=O) groups is 2. The van der Waals surface area contributed by atoms with E-state index in [0.29, 0.717) is 54.9 Å². The van der Waals surface area contributed by atoms with Gasteiger partial charge in [-0.05, 0) is 59.7 Å². The highest BCUT2D eigenvalue weighted by Gasteiger charge is 2.17. The van der Waals surface area contributed by atoms with Crippen LogP contribution in [0.25, 0.3) is 18.2 Å². The third-order valence-electron chi connectivity index (χ3n) is 6.54. The van der Waals surface area contributed by atoms with Gasteiger partial charge >= 0.3 is 0 Å². The zero-order valence-electron chi connectivity index (χ0n) is 23.3. The molecule has 1 heterocycles. The van der Waals surface area contributed by atoms with Crippen LogP contribution < -0.4 is 18.9 Å². The van der Waals surface area contributed by atoms with Crippen LogP contribution in [-0.4, -0.2) is 75.9 Å². The number of phenolic OH excluding ortho intramolecular Hbond substituents is 1. The lowest BCUT2D eigenvalue weighted by atomic mass is 10.0. The Kier molecular flexibility index (Phi) is 10.0. The second-order valence-electron chi connectivity index (χ2n) is 9.10. The van der Waals surface area contributed by atoms with Crippen LogP contribution in [0.4, 0.5) is 0 Å². The van der Waals surface area contributed by atoms with Crippen LogP contribution in [0.1, 0.15) is 27.0 Å².